The van der Waals surface area contributed by atoms with Gasteiger partial charge in [0.2, 0.25) is 0 Å². The van der Waals surface area contributed by atoms with Crippen molar-refractivity contribution in [3.8, 4) is 6.07 Å². The number of hydrogen-bond donors (Lipinski definition) is 0. The summed E-state index contributed by atoms with van der Waals surface area (Å²) in [5, 5.41) is 9.04. The maximum absolute atomic E-state index is 9.04. The van der Waals surface area contributed by atoms with Gasteiger partial charge in [-0.05, 0) is 41.9 Å². The zero-order valence-corrected chi connectivity index (χ0v) is 11.7. The number of halogens is 2. The van der Waals surface area contributed by atoms with Crippen molar-refractivity contribution < 1.29 is 0 Å². The summed E-state index contributed by atoms with van der Waals surface area (Å²) in [5.41, 5.74) is 0.681. The van der Waals surface area contributed by atoms with Gasteiger partial charge in [0, 0.05) is 20.0 Å². The summed E-state index contributed by atoms with van der Waals surface area (Å²) >= 11 is 10.9. The maximum atomic E-state index is 9.04. The second kappa shape index (κ2) is 5.25. The lowest BCUT2D eigenvalue weighted by Crippen LogP contribution is -2.16. The number of nitriles is 1. The molecule has 0 aliphatic rings. The number of alkyl halides is 1. The monoisotopic (exact) mass is 303 g/mol. The topological polar surface area (TPSA) is 23.8 Å². The highest BCUT2D eigenvalue weighted by atomic mass is 79.9. The molecule has 0 atom stereocenters. The van der Waals surface area contributed by atoms with Crippen molar-refractivity contribution in [3.05, 3.63) is 28.2 Å². The van der Waals surface area contributed by atoms with Gasteiger partial charge in [0.25, 0.3) is 0 Å². The standard InChI is InChI=1S/C11H11BrClNS/c1-11(2,7-13)15-10-5-3-4-9(12)8(10)6-14/h3-5H,7H2,1-2H3. The van der Waals surface area contributed by atoms with E-state index in [1.807, 2.05) is 18.2 Å². The van der Waals surface area contributed by atoms with Crippen LogP contribution in [0.4, 0.5) is 0 Å². The molecule has 0 aliphatic carbocycles. The van der Waals surface area contributed by atoms with Crippen molar-refractivity contribution >= 4 is 39.3 Å². The molecule has 1 nitrogen and oxygen atoms in total. The SMILES string of the molecule is CC(C)(CCl)Sc1cccc(Br)c1C#N. The zero-order valence-electron chi connectivity index (χ0n) is 8.55. The molecule has 0 N–H and O–H groups in total. The first-order valence-corrected chi connectivity index (χ1v) is 6.58. The predicted molar refractivity (Wildman–Crippen MR) is 69.5 cm³/mol. The van der Waals surface area contributed by atoms with Crippen molar-refractivity contribution in [2.24, 2.45) is 0 Å². The summed E-state index contributed by atoms with van der Waals surface area (Å²) < 4.78 is 0.772. The van der Waals surface area contributed by atoms with E-state index >= 15 is 0 Å². The lowest BCUT2D eigenvalue weighted by Gasteiger charge is -2.21. The average molecular weight is 305 g/mol. The van der Waals surface area contributed by atoms with Crippen LogP contribution < -0.4 is 0 Å². The number of rotatable bonds is 3. The summed E-state index contributed by atoms with van der Waals surface area (Å²) in [5.74, 6) is 0.551. The maximum Gasteiger partial charge on any atom is 0.101 e. The second-order valence-electron chi connectivity index (χ2n) is 3.72. The molecule has 0 spiro atoms. The fraction of sp³-hybridized carbons (Fsp3) is 0.364. The molecule has 15 heavy (non-hydrogen) atoms. The fourth-order valence-corrected chi connectivity index (χ4v) is 2.83. The fourth-order valence-electron chi connectivity index (χ4n) is 1.02. The van der Waals surface area contributed by atoms with Gasteiger partial charge in [-0.3, -0.25) is 0 Å². The minimum atomic E-state index is -0.0616. The Bertz CT molecular complexity index is 398. The van der Waals surface area contributed by atoms with Crippen LogP contribution in [0.2, 0.25) is 0 Å². The van der Waals surface area contributed by atoms with Gasteiger partial charge in [0.1, 0.15) is 6.07 Å². The zero-order chi connectivity index (χ0) is 11.5. The molecule has 0 amide bonds. The third kappa shape index (κ3) is 3.41. The average Bonchev–Trinajstić information content (AvgIpc) is 2.18. The Hall–Kier alpha value is -0.170. The molecular formula is C11H11BrClNS. The summed E-state index contributed by atoms with van der Waals surface area (Å²) in [6.45, 7) is 4.12. The minimum Gasteiger partial charge on any atom is -0.192 e. The molecule has 1 rings (SSSR count). The summed E-state index contributed by atoms with van der Waals surface area (Å²) in [7, 11) is 0. The Morgan fingerprint density at radius 2 is 2.20 bits per heavy atom. The molecule has 0 saturated heterocycles. The van der Waals surface area contributed by atoms with E-state index < -0.39 is 0 Å². The Labute approximate surface area is 108 Å². The van der Waals surface area contributed by atoms with Crippen molar-refractivity contribution in [2.75, 3.05) is 5.88 Å². The van der Waals surface area contributed by atoms with E-state index in [1.165, 1.54) is 0 Å². The van der Waals surface area contributed by atoms with Crippen LogP contribution in [0, 0.1) is 11.3 Å². The van der Waals surface area contributed by atoms with E-state index in [2.05, 4.69) is 35.8 Å². The highest BCUT2D eigenvalue weighted by molar-refractivity contribution is 9.10. The third-order valence-electron chi connectivity index (χ3n) is 1.80. The van der Waals surface area contributed by atoms with E-state index in [4.69, 9.17) is 16.9 Å². The Kier molecular flexibility index (Phi) is 4.51. The van der Waals surface area contributed by atoms with E-state index in [1.54, 1.807) is 11.8 Å². The largest absolute Gasteiger partial charge is 0.192 e. The normalized spacial score (nSPS) is 11.1. The molecule has 0 fully saturated rings. The lowest BCUT2D eigenvalue weighted by molar-refractivity contribution is 0.811. The van der Waals surface area contributed by atoms with Crippen LogP contribution in [0.3, 0.4) is 0 Å². The molecule has 80 valence electrons. The van der Waals surface area contributed by atoms with Gasteiger partial charge in [0.15, 0.2) is 0 Å². The molecule has 1 aromatic rings. The highest BCUT2D eigenvalue weighted by Crippen LogP contribution is 2.37. The van der Waals surface area contributed by atoms with Gasteiger partial charge < -0.3 is 0 Å². The highest BCUT2D eigenvalue weighted by Gasteiger charge is 2.20. The van der Waals surface area contributed by atoms with Crippen LogP contribution in [-0.4, -0.2) is 10.6 Å². The molecule has 0 radical (unpaired) electrons. The van der Waals surface area contributed by atoms with Crippen molar-refractivity contribution in [2.45, 2.75) is 23.5 Å². The van der Waals surface area contributed by atoms with Crippen LogP contribution in [0.5, 0.6) is 0 Å². The van der Waals surface area contributed by atoms with Crippen LogP contribution in [0.1, 0.15) is 19.4 Å². The number of thioether (sulfide) groups is 1. The van der Waals surface area contributed by atoms with E-state index in [0.717, 1.165) is 9.37 Å². The van der Waals surface area contributed by atoms with Crippen LogP contribution >= 0.6 is 39.3 Å². The van der Waals surface area contributed by atoms with E-state index in [-0.39, 0.29) is 4.75 Å². The van der Waals surface area contributed by atoms with Gasteiger partial charge in [-0.25, -0.2) is 0 Å². The van der Waals surface area contributed by atoms with E-state index in [9.17, 15) is 0 Å². The van der Waals surface area contributed by atoms with Crippen LogP contribution in [-0.2, 0) is 0 Å². The Morgan fingerprint density at radius 3 is 2.73 bits per heavy atom. The number of nitrogens with zero attached hydrogens (tertiary/aromatic N) is 1. The Balaban J connectivity index is 3.06. The number of benzene rings is 1. The second-order valence-corrected chi connectivity index (χ2v) is 6.59. The summed E-state index contributed by atoms with van der Waals surface area (Å²) in [6, 6.07) is 7.95. The molecule has 0 bridgehead atoms. The quantitative estimate of drug-likeness (QED) is 0.609. The Morgan fingerprint density at radius 1 is 1.53 bits per heavy atom. The summed E-state index contributed by atoms with van der Waals surface area (Å²) in [4.78, 5) is 0.970. The molecule has 0 aliphatic heterocycles. The van der Waals surface area contributed by atoms with Crippen LogP contribution in [0.15, 0.2) is 27.6 Å². The molecule has 1 aromatic carbocycles. The molecule has 4 heteroatoms. The van der Waals surface area contributed by atoms with E-state index in [0.29, 0.717) is 11.4 Å². The van der Waals surface area contributed by atoms with Gasteiger partial charge in [-0.1, -0.05) is 6.07 Å². The van der Waals surface area contributed by atoms with Gasteiger partial charge in [-0.2, -0.15) is 5.26 Å². The van der Waals surface area contributed by atoms with Crippen molar-refractivity contribution in [3.63, 3.8) is 0 Å². The minimum absolute atomic E-state index is 0.0616. The first kappa shape index (κ1) is 12.9. The predicted octanol–water partition coefficient (Wildman–Crippen LogP) is 4.43. The first-order valence-electron chi connectivity index (χ1n) is 4.44. The van der Waals surface area contributed by atoms with Crippen molar-refractivity contribution in [1.82, 2.24) is 0 Å². The number of hydrogen-bond acceptors (Lipinski definition) is 2. The van der Waals surface area contributed by atoms with Crippen molar-refractivity contribution in [1.29, 1.82) is 5.26 Å². The molecule has 0 unspecified atom stereocenters. The summed E-state index contributed by atoms with van der Waals surface area (Å²) in [6.07, 6.45) is 0. The first-order chi connectivity index (χ1) is 7.00. The smallest absolute Gasteiger partial charge is 0.101 e. The molecule has 0 aromatic heterocycles. The molecule has 0 saturated carbocycles. The van der Waals surface area contributed by atoms with Gasteiger partial charge in [-0.15, -0.1) is 23.4 Å². The lowest BCUT2D eigenvalue weighted by atomic mass is 10.2. The third-order valence-corrected chi connectivity index (χ3v) is 4.54. The van der Waals surface area contributed by atoms with Gasteiger partial charge in [0.05, 0.1) is 5.56 Å². The van der Waals surface area contributed by atoms with Gasteiger partial charge >= 0.3 is 0 Å². The molecular weight excluding hydrogens is 294 g/mol. The molecule has 0 heterocycles. The van der Waals surface area contributed by atoms with Crippen LogP contribution in [0.25, 0.3) is 0 Å².